The summed E-state index contributed by atoms with van der Waals surface area (Å²) in [6.07, 6.45) is 0.803. The molecule has 8 nitrogen and oxygen atoms in total. The third-order valence-electron chi connectivity index (χ3n) is 4.33. The number of carbonyl (C=O) groups is 1. The lowest BCUT2D eigenvalue weighted by atomic mass is 10.1. The van der Waals surface area contributed by atoms with Gasteiger partial charge in [-0.3, -0.25) is 9.48 Å². The van der Waals surface area contributed by atoms with Crippen LogP contribution in [0.25, 0.3) is 11.4 Å². The Kier molecular flexibility index (Phi) is 4.87. The van der Waals surface area contributed by atoms with E-state index < -0.39 is 0 Å². The van der Waals surface area contributed by atoms with Crippen molar-refractivity contribution in [1.29, 1.82) is 0 Å². The Bertz CT molecular complexity index is 867. The Morgan fingerprint density at radius 2 is 2.04 bits per heavy atom. The highest BCUT2D eigenvalue weighted by atomic mass is 16.1. The number of hydrogen-bond donors (Lipinski definition) is 2. The molecule has 0 radical (unpaired) electrons. The van der Waals surface area contributed by atoms with Crippen LogP contribution in [0.15, 0.2) is 24.3 Å². The molecule has 0 unspecified atom stereocenters. The number of aromatic nitrogens is 6. The molecule has 0 saturated carbocycles. The van der Waals surface area contributed by atoms with Gasteiger partial charge in [0.1, 0.15) is 0 Å². The molecule has 0 aliphatic carbocycles. The summed E-state index contributed by atoms with van der Waals surface area (Å²) >= 11 is 0. The van der Waals surface area contributed by atoms with E-state index in [1.165, 1.54) is 11.3 Å². The average Bonchev–Trinajstić information content (AvgIpc) is 3.24. The second-order valence-electron chi connectivity index (χ2n) is 5.91. The molecule has 0 spiro atoms. The monoisotopic (exact) mass is 339 g/mol. The molecular formula is C17H21N7O. The first-order valence-electron chi connectivity index (χ1n) is 8.19. The molecule has 0 bridgehead atoms. The fourth-order valence-corrected chi connectivity index (χ4v) is 2.68. The van der Waals surface area contributed by atoms with Gasteiger partial charge in [-0.2, -0.15) is 10.3 Å². The van der Waals surface area contributed by atoms with Crippen molar-refractivity contribution in [3.63, 3.8) is 0 Å². The number of nitrogens with one attached hydrogen (secondary N) is 2. The van der Waals surface area contributed by atoms with Gasteiger partial charge in [-0.1, -0.05) is 18.2 Å². The molecule has 2 aromatic heterocycles. The zero-order chi connectivity index (χ0) is 17.8. The largest absolute Gasteiger partial charge is 0.352 e. The van der Waals surface area contributed by atoms with Crippen LogP contribution in [0.4, 0.5) is 0 Å². The zero-order valence-electron chi connectivity index (χ0n) is 14.6. The summed E-state index contributed by atoms with van der Waals surface area (Å²) in [4.78, 5) is 12.5. The predicted octanol–water partition coefficient (Wildman–Crippen LogP) is 1.81. The minimum absolute atomic E-state index is 0.148. The maximum atomic E-state index is 12.5. The maximum absolute atomic E-state index is 12.5. The minimum atomic E-state index is -0.148. The number of hydrogen-bond acceptors (Lipinski definition) is 5. The Balaban J connectivity index is 1.59. The van der Waals surface area contributed by atoms with Crippen LogP contribution >= 0.6 is 0 Å². The molecule has 0 aliphatic rings. The molecule has 0 atom stereocenters. The van der Waals surface area contributed by atoms with Crippen LogP contribution in [0.1, 0.15) is 33.7 Å². The first-order chi connectivity index (χ1) is 12.1. The normalized spacial score (nSPS) is 10.8. The van der Waals surface area contributed by atoms with E-state index in [0.717, 1.165) is 18.7 Å². The maximum Gasteiger partial charge on any atom is 0.252 e. The van der Waals surface area contributed by atoms with Crippen LogP contribution in [0.3, 0.4) is 0 Å². The number of rotatable bonds is 6. The van der Waals surface area contributed by atoms with Gasteiger partial charge in [0.25, 0.3) is 5.91 Å². The summed E-state index contributed by atoms with van der Waals surface area (Å²) in [7, 11) is 0. The average molecular weight is 339 g/mol. The first-order valence-corrected chi connectivity index (χ1v) is 8.19. The fraction of sp³-hybridized carbons (Fsp3) is 0.353. The smallest absolute Gasteiger partial charge is 0.252 e. The van der Waals surface area contributed by atoms with Gasteiger partial charge in [-0.05, 0) is 44.0 Å². The van der Waals surface area contributed by atoms with Crippen LogP contribution in [-0.4, -0.2) is 42.9 Å². The SMILES string of the molecule is Cc1nn(CCCNC(=O)c2ccccc2-c2nn[nH]n2)c(C)c1C. The molecule has 25 heavy (non-hydrogen) atoms. The van der Waals surface area contributed by atoms with E-state index >= 15 is 0 Å². The van der Waals surface area contributed by atoms with Gasteiger partial charge in [-0.25, -0.2) is 0 Å². The Labute approximate surface area is 145 Å². The molecule has 2 heterocycles. The van der Waals surface area contributed by atoms with E-state index in [-0.39, 0.29) is 5.91 Å². The summed E-state index contributed by atoms with van der Waals surface area (Å²) < 4.78 is 1.99. The summed E-state index contributed by atoms with van der Waals surface area (Å²) in [5, 5.41) is 21.3. The molecule has 130 valence electrons. The van der Waals surface area contributed by atoms with E-state index in [2.05, 4.69) is 44.9 Å². The molecule has 2 N–H and O–H groups in total. The number of carbonyl (C=O) groups excluding carboxylic acids is 1. The third-order valence-corrected chi connectivity index (χ3v) is 4.33. The lowest BCUT2D eigenvalue weighted by Gasteiger charge is -2.09. The van der Waals surface area contributed by atoms with Crippen LogP contribution in [0.2, 0.25) is 0 Å². The van der Waals surface area contributed by atoms with Crippen molar-refractivity contribution >= 4 is 5.91 Å². The summed E-state index contributed by atoms with van der Waals surface area (Å²) in [6, 6.07) is 7.22. The van der Waals surface area contributed by atoms with Crippen molar-refractivity contribution < 1.29 is 4.79 Å². The number of amides is 1. The highest BCUT2D eigenvalue weighted by Gasteiger charge is 2.14. The second-order valence-corrected chi connectivity index (χ2v) is 5.91. The Hall–Kier alpha value is -3.03. The molecule has 0 saturated heterocycles. The molecule has 1 aromatic carbocycles. The van der Waals surface area contributed by atoms with Gasteiger partial charge in [0.2, 0.25) is 5.82 Å². The second kappa shape index (κ2) is 7.25. The van der Waals surface area contributed by atoms with E-state index in [9.17, 15) is 4.79 Å². The van der Waals surface area contributed by atoms with Gasteiger partial charge in [-0.15, -0.1) is 10.2 Å². The molecule has 3 rings (SSSR count). The number of aromatic amines is 1. The number of nitrogens with zero attached hydrogens (tertiary/aromatic N) is 5. The Morgan fingerprint density at radius 1 is 1.24 bits per heavy atom. The van der Waals surface area contributed by atoms with Crippen molar-refractivity contribution in [2.45, 2.75) is 33.7 Å². The van der Waals surface area contributed by atoms with E-state index in [1.54, 1.807) is 12.1 Å². The first kappa shape index (κ1) is 16.8. The van der Waals surface area contributed by atoms with Crippen LogP contribution < -0.4 is 5.32 Å². The lowest BCUT2D eigenvalue weighted by molar-refractivity contribution is 0.0953. The van der Waals surface area contributed by atoms with Crippen LogP contribution in [0.5, 0.6) is 0 Å². The molecule has 1 amide bonds. The topological polar surface area (TPSA) is 101 Å². The lowest BCUT2D eigenvalue weighted by Crippen LogP contribution is -2.26. The number of tetrazole rings is 1. The number of aryl methyl sites for hydroxylation is 2. The van der Waals surface area contributed by atoms with Crippen molar-refractivity contribution in [3.05, 3.63) is 46.8 Å². The van der Waals surface area contributed by atoms with E-state index in [0.29, 0.717) is 23.5 Å². The van der Waals surface area contributed by atoms with Gasteiger partial charge < -0.3 is 5.32 Å². The Morgan fingerprint density at radius 3 is 2.72 bits per heavy atom. The molecule has 0 fully saturated rings. The standard InChI is InChI=1S/C17H21N7O/c1-11-12(2)21-24(13(11)3)10-6-9-18-17(25)15-8-5-4-7-14(15)16-19-22-23-20-16/h4-5,7-8H,6,9-10H2,1-3H3,(H,18,25)(H,19,20,22,23). The minimum Gasteiger partial charge on any atom is -0.352 e. The fourth-order valence-electron chi connectivity index (χ4n) is 2.68. The van der Waals surface area contributed by atoms with Crippen molar-refractivity contribution in [2.75, 3.05) is 6.54 Å². The van der Waals surface area contributed by atoms with Crippen LogP contribution in [0, 0.1) is 20.8 Å². The molecule has 0 aliphatic heterocycles. The highest BCUT2D eigenvalue weighted by Crippen LogP contribution is 2.18. The summed E-state index contributed by atoms with van der Waals surface area (Å²) in [5.74, 6) is 0.258. The quantitative estimate of drug-likeness (QED) is 0.667. The number of H-pyrrole nitrogens is 1. The predicted molar refractivity (Wildman–Crippen MR) is 93.0 cm³/mol. The van der Waals surface area contributed by atoms with Crippen molar-refractivity contribution in [1.82, 2.24) is 35.7 Å². The summed E-state index contributed by atoms with van der Waals surface area (Å²) in [6.45, 7) is 7.49. The van der Waals surface area contributed by atoms with Crippen molar-refractivity contribution in [2.24, 2.45) is 0 Å². The van der Waals surface area contributed by atoms with Gasteiger partial charge in [0.05, 0.1) is 11.3 Å². The van der Waals surface area contributed by atoms with Crippen LogP contribution in [-0.2, 0) is 6.54 Å². The highest BCUT2D eigenvalue weighted by molar-refractivity contribution is 6.00. The van der Waals surface area contributed by atoms with E-state index in [1.807, 2.05) is 23.7 Å². The molecular weight excluding hydrogens is 318 g/mol. The van der Waals surface area contributed by atoms with Gasteiger partial charge >= 0.3 is 0 Å². The third kappa shape index (κ3) is 3.57. The van der Waals surface area contributed by atoms with Gasteiger partial charge in [0, 0.05) is 24.3 Å². The van der Waals surface area contributed by atoms with E-state index in [4.69, 9.17) is 0 Å². The summed E-state index contributed by atoms with van der Waals surface area (Å²) in [5.41, 5.74) is 4.63. The molecule has 8 heteroatoms. The van der Waals surface area contributed by atoms with Gasteiger partial charge in [0.15, 0.2) is 0 Å². The van der Waals surface area contributed by atoms with Crippen molar-refractivity contribution in [3.8, 4) is 11.4 Å². The zero-order valence-corrected chi connectivity index (χ0v) is 14.6. The molecule has 3 aromatic rings. The number of benzene rings is 1.